The van der Waals surface area contributed by atoms with Gasteiger partial charge in [-0.05, 0) is 31.0 Å². The largest absolute Gasteiger partial charge is 0.379 e. The van der Waals surface area contributed by atoms with Crippen molar-refractivity contribution in [2.75, 3.05) is 35.7 Å². The minimum atomic E-state index is -0.139. The molecule has 1 atom stereocenters. The molecule has 1 fully saturated rings. The van der Waals surface area contributed by atoms with Crippen molar-refractivity contribution in [3.05, 3.63) is 40.5 Å². The first-order valence-corrected chi connectivity index (χ1v) is 8.84. The molecule has 1 aromatic heterocycles. The highest BCUT2D eigenvalue weighted by Crippen LogP contribution is 2.34. The number of carbonyl (C=O) groups excluding carboxylic acids is 1. The first-order valence-electron chi connectivity index (χ1n) is 8.46. The molecular weight excluding hydrogens is 354 g/mol. The van der Waals surface area contributed by atoms with Crippen LogP contribution >= 0.6 is 11.6 Å². The third kappa shape index (κ3) is 4.23. The average Bonchev–Trinajstić information content (AvgIpc) is 2.79. The van der Waals surface area contributed by atoms with Crippen LogP contribution in [-0.2, 0) is 9.53 Å². The lowest BCUT2D eigenvalue weighted by atomic mass is 10.0. The molecule has 1 aliphatic heterocycles. The molecule has 0 aliphatic carbocycles. The number of nitrogens with one attached hydrogen (secondary N) is 1. The third-order valence-corrected chi connectivity index (χ3v) is 4.50. The SMILES string of the molecule is CC(=O)Nc1ccc([C@@H]2COCCCN2c2cc(C)nc(N)n2)c(Cl)c1. The zero-order chi connectivity index (χ0) is 18.7. The molecule has 8 heteroatoms. The van der Waals surface area contributed by atoms with Gasteiger partial charge in [0.15, 0.2) is 0 Å². The Hall–Kier alpha value is -2.38. The molecule has 0 saturated carbocycles. The van der Waals surface area contributed by atoms with E-state index in [-0.39, 0.29) is 17.9 Å². The number of aromatic nitrogens is 2. The summed E-state index contributed by atoms with van der Waals surface area (Å²) in [5.41, 5.74) is 8.22. The predicted molar refractivity (Wildman–Crippen MR) is 102 cm³/mol. The Balaban J connectivity index is 1.97. The molecule has 2 heterocycles. The van der Waals surface area contributed by atoms with Gasteiger partial charge < -0.3 is 20.7 Å². The maximum absolute atomic E-state index is 11.2. The zero-order valence-corrected chi connectivity index (χ0v) is 15.6. The van der Waals surface area contributed by atoms with Gasteiger partial charge in [-0.3, -0.25) is 4.79 Å². The van der Waals surface area contributed by atoms with Gasteiger partial charge in [0.1, 0.15) is 5.82 Å². The normalized spacial score (nSPS) is 17.7. The molecule has 0 radical (unpaired) electrons. The topological polar surface area (TPSA) is 93.4 Å². The van der Waals surface area contributed by atoms with Crippen LogP contribution in [0.3, 0.4) is 0 Å². The molecule has 0 spiro atoms. The Bertz CT molecular complexity index is 794. The molecule has 2 aromatic rings. The van der Waals surface area contributed by atoms with Crippen molar-refractivity contribution in [3.8, 4) is 0 Å². The van der Waals surface area contributed by atoms with Crippen molar-refractivity contribution in [1.82, 2.24) is 9.97 Å². The predicted octanol–water partition coefficient (Wildman–Crippen LogP) is 2.95. The van der Waals surface area contributed by atoms with Crippen molar-refractivity contribution in [2.45, 2.75) is 26.3 Å². The van der Waals surface area contributed by atoms with Gasteiger partial charge in [-0.2, -0.15) is 4.98 Å². The Morgan fingerprint density at radius 1 is 1.38 bits per heavy atom. The van der Waals surface area contributed by atoms with Gasteiger partial charge in [-0.15, -0.1) is 0 Å². The number of anilines is 3. The van der Waals surface area contributed by atoms with Crippen LogP contribution in [0.25, 0.3) is 0 Å². The lowest BCUT2D eigenvalue weighted by Gasteiger charge is -2.31. The van der Waals surface area contributed by atoms with Gasteiger partial charge in [-0.1, -0.05) is 17.7 Å². The second-order valence-electron chi connectivity index (χ2n) is 6.28. The van der Waals surface area contributed by atoms with Crippen LogP contribution in [0.15, 0.2) is 24.3 Å². The molecule has 3 N–H and O–H groups in total. The maximum Gasteiger partial charge on any atom is 0.222 e. The summed E-state index contributed by atoms with van der Waals surface area (Å²) in [7, 11) is 0. The van der Waals surface area contributed by atoms with E-state index < -0.39 is 0 Å². The zero-order valence-electron chi connectivity index (χ0n) is 14.8. The summed E-state index contributed by atoms with van der Waals surface area (Å²) in [5, 5.41) is 3.31. The van der Waals surface area contributed by atoms with Crippen molar-refractivity contribution in [2.24, 2.45) is 0 Å². The fourth-order valence-corrected chi connectivity index (χ4v) is 3.42. The monoisotopic (exact) mass is 375 g/mol. The average molecular weight is 376 g/mol. The van der Waals surface area contributed by atoms with Crippen LogP contribution in [0.2, 0.25) is 5.02 Å². The standard InChI is InChI=1S/C18H22ClN5O2/c1-11-8-17(23-18(20)21-11)24-6-3-7-26-10-16(24)14-5-4-13(9-15(14)19)22-12(2)25/h4-5,8-9,16H,3,6-7,10H2,1-2H3,(H,22,25)(H2,20,21,23)/t16-/m0/s1. The van der Waals surface area contributed by atoms with E-state index in [0.717, 1.165) is 30.0 Å². The summed E-state index contributed by atoms with van der Waals surface area (Å²) in [6.07, 6.45) is 0.876. The number of carbonyl (C=O) groups is 1. The van der Waals surface area contributed by atoms with E-state index in [4.69, 9.17) is 22.1 Å². The molecule has 7 nitrogen and oxygen atoms in total. The van der Waals surface area contributed by atoms with E-state index in [1.54, 1.807) is 6.07 Å². The molecule has 1 amide bonds. The number of amides is 1. The summed E-state index contributed by atoms with van der Waals surface area (Å²) in [6, 6.07) is 7.31. The molecule has 26 heavy (non-hydrogen) atoms. The smallest absolute Gasteiger partial charge is 0.222 e. The Labute approximate surface area is 157 Å². The van der Waals surface area contributed by atoms with Crippen LogP contribution in [0, 0.1) is 6.92 Å². The third-order valence-electron chi connectivity index (χ3n) is 4.17. The number of nitrogens with two attached hydrogens (primary N) is 1. The van der Waals surface area contributed by atoms with E-state index >= 15 is 0 Å². The maximum atomic E-state index is 11.2. The van der Waals surface area contributed by atoms with E-state index in [9.17, 15) is 4.79 Å². The van der Waals surface area contributed by atoms with Gasteiger partial charge >= 0.3 is 0 Å². The molecule has 138 valence electrons. The minimum absolute atomic E-state index is 0.106. The molecule has 1 aromatic carbocycles. The molecule has 0 unspecified atom stereocenters. The highest BCUT2D eigenvalue weighted by Gasteiger charge is 2.27. The number of benzene rings is 1. The number of hydrogen-bond donors (Lipinski definition) is 2. The van der Waals surface area contributed by atoms with Crippen molar-refractivity contribution in [1.29, 1.82) is 0 Å². The summed E-state index contributed by atoms with van der Waals surface area (Å²) in [5.74, 6) is 0.865. The van der Waals surface area contributed by atoms with Crippen LogP contribution in [0.5, 0.6) is 0 Å². The summed E-state index contributed by atoms with van der Waals surface area (Å²) in [4.78, 5) is 21.9. The van der Waals surface area contributed by atoms with Gasteiger partial charge in [0.25, 0.3) is 0 Å². The molecular formula is C18H22ClN5O2. The second-order valence-corrected chi connectivity index (χ2v) is 6.69. The molecule has 0 bridgehead atoms. The van der Waals surface area contributed by atoms with Crippen molar-refractivity contribution >= 4 is 35.0 Å². The minimum Gasteiger partial charge on any atom is -0.379 e. The quantitative estimate of drug-likeness (QED) is 0.856. The van der Waals surface area contributed by atoms with E-state index in [0.29, 0.717) is 23.9 Å². The van der Waals surface area contributed by atoms with Crippen LogP contribution < -0.4 is 16.0 Å². The summed E-state index contributed by atoms with van der Waals surface area (Å²) in [6.45, 7) is 5.28. The van der Waals surface area contributed by atoms with Gasteiger partial charge in [0, 0.05) is 42.5 Å². The summed E-state index contributed by atoms with van der Waals surface area (Å²) < 4.78 is 5.78. The number of halogens is 1. The van der Waals surface area contributed by atoms with Crippen molar-refractivity contribution < 1.29 is 9.53 Å². The molecule has 3 rings (SSSR count). The van der Waals surface area contributed by atoms with Crippen LogP contribution in [-0.4, -0.2) is 35.6 Å². The lowest BCUT2D eigenvalue weighted by Crippen LogP contribution is -2.32. The van der Waals surface area contributed by atoms with Crippen molar-refractivity contribution in [3.63, 3.8) is 0 Å². The Morgan fingerprint density at radius 2 is 2.19 bits per heavy atom. The summed E-state index contributed by atoms with van der Waals surface area (Å²) >= 11 is 6.52. The first kappa shape index (κ1) is 18.4. The van der Waals surface area contributed by atoms with Gasteiger partial charge in [-0.25, -0.2) is 4.98 Å². The number of aryl methyl sites for hydroxylation is 1. The fourth-order valence-electron chi connectivity index (χ4n) is 3.11. The molecule has 1 aliphatic rings. The lowest BCUT2D eigenvalue weighted by molar-refractivity contribution is -0.114. The number of nitrogen functional groups attached to an aromatic ring is 1. The highest BCUT2D eigenvalue weighted by molar-refractivity contribution is 6.31. The Morgan fingerprint density at radius 3 is 2.88 bits per heavy atom. The number of hydrogen-bond acceptors (Lipinski definition) is 6. The highest BCUT2D eigenvalue weighted by atomic mass is 35.5. The second kappa shape index (κ2) is 7.88. The first-order chi connectivity index (χ1) is 12.4. The van der Waals surface area contributed by atoms with Gasteiger partial charge in [0.05, 0.1) is 12.6 Å². The fraction of sp³-hybridized carbons (Fsp3) is 0.389. The molecule has 1 saturated heterocycles. The number of ether oxygens (including phenoxy) is 1. The number of rotatable bonds is 3. The van der Waals surface area contributed by atoms with E-state index in [2.05, 4.69) is 20.2 Å². The Kier molecular flexibility index (Phi) is 5.58. The van der Waals surface area contributed by atoms with Gasteiger partial charge in [0.2, 0.25) is 11.9 Å². The van der Waals surface area contributed by atoms with E-state index in [1.165, 1.54) is 6.92 Å². The van der Waals surface area contributed by atoms with E-state index in [1.807, 2.05) is 25.1 Å². The number of nitrogens with zero attached hydrogens (tertiary/aromatic N) is 3. The van der Waals surface area contributed by atoms with Crippen LogP contribution in [0.4, 0.5) is 17.5 Å². The van der Waals surface area contributed by atoms with Crippen LogP contribution in [0.1, 0.15) is 30.6 Å².